The lowest BCUT2D eigenvalue weighted by molar-refractivity contribution is 0.0997. The van der Waals surface area contributed by atoms with E-state index in [1.54, 1.807) is 0 Å². The number of sulfonamides is 1. The number of H-pyrrole nitrogens is 1. The first-order valence-electron chi connectivity index (χ1n) is 8.86. The smallest absolute Gasteiger partial charge is 0.269 e. The number of nitrogens with one attached hydrogen (secondary N) is 2. The highest BCUT2D eigenvalue weighted by Gasteiger charge is 2.24. The zero-order valence-corrected chi connectivity index (χ0v) is 17.8. The van der Waals surface area contributed by atoms with Gasteiger partial charge < -0.3 is 10.5 Å². The third kappa shape index (κ3) is 3.81. The van der Waals surface area contributed by atoms with E-state index in [9.17, 15) is 13.2 Å². The monoisotopic (exact) mass is 476 g/mol. The number of aromatic nitrogens is 4. The molecule has 3 aromatic heterocycles. The number of amides is 1. The Labute approximate surface area is 185 Å². The summed E-state index contributed by atoms with van der Waals surface area (Å²) in [5.74, 6) is -1.80. The zero-order valence-electron chi connectivity index (χ0n) is 16.3. The number of carbonyl (C=O) groups is 1. The van der Waals surface area contributed by atoms with Gasteiger partial charge in [0.15, 0.2) is 16.4 Å². The van der Waals surface area contributed by atoms with Gasteiger partial charge in [0.1, 0.15) is 0 Å². The van der Waals surface area contributed by atoms with Crippen LogP contribution in [-0.2, 0) is 10.0 Å². The van der Waals surface area contributed by atoms with Gasteiger partial charge in [-0.3, -0.25) is 19.6 Å². The van der Waals surface area contributed by atoms with Crippen molar-refractivity contribution in [1.82, 2.24) is 20.2 Å². The van der Waals surface area contributed by atoms with Gasteiger partial charge >= 0.3 is 0 Å². The van der Waals surface area contributed by atoms with Gasteiger partial charge in [0.2, 0.25) is 5.88 Å². The maximum Gasteiger partial charge on any atom is 0.269 e. The minimum absolute atomic E-state index is 0.00473. The summed E-state index contributed by atoms with van der Waals surface area (Å²) in [5.41, 5.74) is 5.54. The number of anilines is 1. The molecule has 10 nitrogen and oxygen atoms in total. The Kier molecular flexibility index (Phi) is 5.40. The Bertz CT molecular complexity index is 1470. The summed E-state index contributed by atoms with van der Waals surface area (Å²) in [5, 5.41) is 6.89. The normalized spacial score (nSPS) is 11.5. The second kappa shape index (κ2) is 8.05. The largest absolute Gasteiger partial charge is 0.480 e. The van der Waals surface area contributed by atoms with E-state index in [2.05, 4.69) is 24.9 Å². The minimum Gasteiger partial charge on any atom is -0.480 e. The van der Waals surface area contributed by atoms with E-state index in [-0.39, 0.29) is 38.4 Å². The molecule has 0 bridgehead atoms. The van der Waals surface area contributed by atoms with Crippen molar-refractivity contribution in [2.24, 2.45) is 5.73 Å². The molecule has 4 rings (SSSR count). The van der Waals surface area contributed by atoms with Crippen LogP contribution in [0.1, 0.15) is 10.5 Å². The van der Waals surface area contributed by atoms with E-state index in [4.69, 9.17) is 22.1 Å². The highest BCUT2D eigenvalue weighted by atomic mass is 35.5. The number of hydrogen-bond donors (Lipinski definition) is 3. The summed E-state index contributed by atoms with van der Waals surface area (Å²) in [6, 6.07) is 6.74. The van der Waals surface area contributed by atoms with Gasteiger partial charge in [0.05, 0.1) is 34.4 Å². The van der Waals surface area contributed by atoms with E-state index in [1.807, 2.05) is 0 Å². The van der Waals surface area contributed by atoms with Gasteiger partial charge in [-0.2, -0.15) is 5.10 Å². The Balaban J connectivity index is 1.74. The van der Waals surface area contributed by atoms with Crippen LogP contribution in [0, 0.1) is 5.82 Å². The number of benzene rings is 1. The molecule has 0 saturated heterocycles. The first kappa shape index (κ1) is 21.5. The third-order valence-electron chi connectivity index (χ3n) is 4.47. The number of fused-ring (bicyclic) bond motifs is 1. The highest BCUT2D eigenvalue weighted by molar-refractivity contribution is 7.92. The third-order valence-corrected chi connectivity index (χ3v) is 6.03. The average Bonchev–Trinajstić information content (AvgIpc) is 3.18. The Hall–Kier alpha value is -3.77. The van der Waals surface area contributed by atoms with Crippen molar-refractivity contribution in [1.29, 1.82) is 0 Å². The zero-order chi connectivity index (χ0) is 23.0. The second-order valence-corrected chi connectivity index (χ2v) is 8.57. The number of nitrogens with two attached hydrogens (primary N) is 1. The van der Waals surface area contributed by atoms with Crippen molar-refractivity contribution in [3.8, 4) is 17.1 Å². The number of aromatic amines is 1. The van der Waals surface area contributed by atoms with Crippen molar-refractivity contribution in [3.63, 3.8) is 0 Å². The number of carbonyl (C=O) groups excluding carboxylic acids is 1. The number of rotatable bonds is 6. The van der Waals surface area contributed by atoms with Crippen molar-refractivity contribution >= 4 is 44.1 Å². The van der Waals surface area contributed by atoms with E-state index >= 15 is 4.39 Å². The van der Waals surface area contributed by atoms with Crippen molar-refractivity contribution < 1.29 is 22.3 Å². The Morgan fingerprint density at radius 3 is 2.75 bits per heavy atom. The fourth-order valence-corrected chi connectivity index (χ4v) is 4.44. The van der Waals surface area contributed by atoms with E-state index < -0.39 is 21.7 Å². The SMILES string of the molecule is COc1ncc(Cl)cc1S(=O)(=O)Nc1cccc(-c2cc3[nH]nc(C(N)=O)c3cn2)c1F. The van der Waals surface area contributed by atoms with Crippen LogP contribution in [0.5, 0.6) is 5.88 Å². The van der Waals surface area contributed by atoms with Crippen LogP contribution in [0.4, 0.5) is 10.1 Å². The lowest BCUT2D eigenvalue weighted by atomic mass is 10.1. The fourth-order valence-electron chi connectivity index (χ4n) is 3.01. The number of ether oxygens (including phenoxy) is 1. The van der Waals surface area contributed by atoms with Crippen molar-refractivity contribution in [2.45, 2.75) is 4.90 Å². The first-order valence-corrected chi connectivity index (χ1v) is 10.7. The van der Waals surface area contributed by atoms with Crippen LogP contribution < -0.4 is 15.2 Å². The topological polar surface area (TPSA) is 153 Å². The van der Waals surface area contributed by atoms with E-state index in [0.29, 0.717) is 10.9 Å². The molecule has 0 unspecified atom stereocenters. The molecule has 4 N–H and O–H groups in total. The second-order valence-electron chi connectivity index (χ2n) is 6.49. The molecular formula is C19H14ClFN6O4S. The molecule has 0 aliphatic heterocycles. The molecule has 1 aromatic carbocycles. The van der Waals surface area contributed by atoms with Crippen LogP contribution in [0.25, 0.3) is 22.2 Å². The van der Waals surface area contributed by atoms with Gasteiger partial charge in [-0.1, -0.05) is 17.7 Å². The van der Waals surface area contributed by atoms with Crippen LogP contribution in [0.3, 0.4) is 0 Å². The van der Waals surface area contributed by atoms with Gasteiger partial charge in [-0.15, -0.1) is 0 Å². The minimum atomic E-state index is -4.29. The molecule has 32 heavy (non-hydrogen) atoms. The number of methoxy groups -OCH3 is 1. The standard InChI is InChI=1S/C19H14ClFN6O4S/c1-31-19-15(5-9(20)7-24-19)32(29,30)27-12-4-2-3-10(16(12)21)13-6-14-11(8-23-13)17(18(22)28)26-25-14/h2-8,27H,1H3,(H2,22,28)(H,25,26). The number of primary amides is 1. The first-order chi connectivity index (χ1) is 15.2. The van der Waals surface area contributed by atoms with Crippen LogP contribution in [0.2, 0.25) is 5.02 Å². The molecule has 0 fully saturated rings. The predicted molar refractivity (Wildman–Crippen MR) is 114 cm³/mol. The molecule has 4 aromatic rings. The summed E-state index contributed by atoms with van der Waals surface area (Å²) < 4.78 is 48.1. The predicted octanol–water partition coefficient (Wildman–Crippen LogP) is 2.72. The van der Waals surface area contributed by atoms with E-state index in [1.165, 1.54) is 43.8 Å². The van der Waals surface area contributed by atoms with Crippen molar-refractivity contribution in [2.75, 3.05) is 11.8 Å². The summed E-state index contributed by atoms with van der Waals surface area (Å²) in [6.45, 7) is 0. The Morgan fingerprint density at radius 1 is 1.25 bits per heavy atom. The molecule has 0 aliphatic rings. The van der Waals surface area contributed by atoms with Crippen molar-refractivity contribution in [3.05, 3.63) is 59.3 Å². The van der Waals surface area contributed by atoms with Crippen LogP contribution in [-0.4, -0.2) is 41.6 Å². The van der Waals surface area contributed by atoms with Crippen LogP contribution in [0.15, 0.2) is 47.6 Å². The summed E-state index contributed by atoms with van der Waals surface area (Å²) in [4.78, 5) is 19.0. The summed E-state index contributed by atoms with van der Waals surface area (Å²) >= 11 is 5.86. The molecule has 0 spiro atoms. The fraction of sp³-hybridized carbons (Fsp3) is 0.0526. The number of hydrogen-bond acceptors (Lipinski definition) is 7. The summed E-state index contributed by atoms with van der Waals surface area (Å²) in [7, 11) is -3.04. The molecule has 1 amide bonds. The highest BCUT2D eigenvalue weighted by Crippen LogP contribution is 2.31. The Morgan fingerprint density at radius 2 is 2.03 bits per heavy atom. The molecule has 0 radical (unpaired) electrons. The molecule has 0 atom stereocenters. The molecule has 13 heteroatoms. The average molecular weight is 477 g/mol. The maximum atomic E-state index is 15.3. The van der Waals surface area contributed by atoms with Gasteiger partial charge in [0.25, 0.3) is 15.9 Å². The molecule has 0 aliphatic carbocycles. The lowest BCUT2D eigenvalue weighted by Crippen LogP contribution is -2.16. The van der Waals surface area contributed by atoms with E-state index in [0.717, 1.165) is 6.07 Å². The van der Waals surface area contributed by atoms with Gasteiger partial charge in [0, 0.05) is 18.0 Å². The molecule has 0 saturated carbocycles. The van der Waals surface area contributed by atoms with Gasteiger partial charge in [-0.05, 0) is 24.3 Å². The quantitative estimate of drug-likeness (QED) is 0.386. The number of halogens is 2. The number of pyridine rings is 2. The van der Waals surface area contributed by atoms with Gasteiger partial charge in [-0.25, -0.2) is 17.8 Å². The maximum absolute atomic E-state index is 15.3. The molecular weight excluding hydrogens is 463 g/mol. The van der Waals surface area contributed by atoms with Crippen LogP contribution >= 0.6 is 11.6 Å². The summed E-state index contributed by atoms with van der Waals surface area (Å²) in [6.07, 6.45) is 2.55. The molecule has 164 valence electrons. The lowest BCUT2D eigenvalue weighted by Gasteiger charge is -2.13. The number of nitrogens with zero attached hydrogens (tertiary/aromatic N) is 3. The molecule has 3 heterocycles.